The van der Waals surface area contributed by atoms with Gasteiger partial charge in [0.1, 0.15) is 11.6 Å². The minimum Gasteiger partial charge on any atom is -0.249 e. The molecule has 0 bridgehead atoms. The molecule has 0 aliphatic heterocycles. The van der Waals surface area contributed by atoms with Crippen molar-refractivity contribution in [1.29, 1.82) is 0 Å². The van der Waals surface area contributed by atoms with Gasteiger partial charge in [-0.25, -0.2) is 25.6 Å². The molecule has 0 amide bonds. The lowest BCUT2D eigenvalue weighted by atomic mass is 10.2. The smallest absolute Gasteiger partial charge is 0.249 e. The van der Waals surface area contributed by atoms with Crippen LogP contribution in [0.15, 0.2) is 245 Å². The Kier molecular flexibility index (Phi) is 18.7. The lowest BCUT2D eigenvalue weighted by molar-refractivity contribution is -0.137. The van der Waals surface area contributed by atoms with Gasteiger partial charge < -0.3 is 0 Å². The van der Waals surface area contributed by atoms with Crippen LogP contribution in [0.25, 0.3) is 0 Å². The van der Waals surface area contributed by atoms with E-state index in [4.69, 9.17) is 0 Å². The summed E-state index contributed by atoms with van der Waals surface area (Å²) in [4.78, 5) is 5.32. The summed E-state index contributed by atoms with van der Waals surface area (Å²) < 4.78 is 111. The first-order valence-electron chi connectivity index (χ1n) is 19.7. The van der Waals surface area contributed by atoms with E-state index in [-0.39, 0.29) is 11.6 Å². The Hall–Kier alpha value is -5.99. The zero-order valence-corrected chi connectivity index (χ0v) is 38.6. The van der Waals surface area contributed by atoms with E-state index in [9.17, 15) is 38.8 Å². The molecule has 8 rings (SSSR count). The van der Waals surface area contributed by atoms with Crippen molar-refractivity contribution in [1.82, 2.24) is 0 Å². The van der Waals surface area contributed by atoms with E-state index in [2.05, 4.69) is 0 Å². The first-order chi connectivity index (χ1) is 31.1. The Balaban J connectivity index is 0.000000164. The van der Waals surface area contributed by atoms with Gasteiger partial charge >= 0.3 is 6.18 Å². The lowest BCUT2D eigenvalue weighted by Gasteiger charge is -2.07. The van der Waals surface area contributed by atoms with Crippen molar-refractivity contribution in [3.63, 3.8) is 0 Å². The normalized spacial score (nSPS) is 11.4. The Labute approximate surface area is 386 Å². The lowest BCUT2D eigenvalue weighted by Crippen LogP contribution is -2.04. The summed E-state index contributed by atoms with van der Waals surface area (Å²) in [6.45, 7) is 5.96. The molecule has 0 saturated carbocycles. The molecule has 8 aromatic rings. The standard InChI is InChI=1S/C14H11F3OS.C14H14OS.C12H8F2OS.C12H10OS/c1-10-2-6-12(7-3-10)19(18)13-8-4-11(5-9-13)14(15,16)17;1-11-3-7-13(8-4-11)16(15)14-9-5-12(2)6-10-14;13-9-1-5-11(6-2-9)16(15)12-7-3-10(14)4-8-12;13-14(11-7-3-1-4-8-11)12-9-5-2-6-10-12/h2-9H,1H3;3-10H,1-2H3;1-8H;1-10H. The highest BCUT2D eigenvalue weighted by atomic mass is 32.2. The molecule has 0 aliphatic carbocycles. The largest absolute Gasteiger partial charge is 0.416 e. The summed E-state index contributed by atoms with van der Waals surface area (Å²) in [5.41, 5.74) is 2.67. The van der Waals surface area contributed by atoms with Crippen molar-refractivity contribution in [3.05, 3.63) is 240 Å². The topological polar surface area (TPSA) is 68.3 Å². The van der Waals surface area contributed by atoms with E-state index in [0.717, 1.165) is 37.3 Å². The molecule has 0 heterocycles. The minimum atomic E-state index is -4.37. The summed E-state index contributed by atoms with van der Waals surface area (Å²) in [5.74, 6) is -0.750. The van der Waals surface area contributed by atoms with Crippen LogP contribution in [0, 0.1) is 32.4 Å². The van der Waals surface area contributed by atoms with Crippen LogP contribution in [-0.4, -0.2) is 16.8 Å². The molecule has 0 saturated heterocycles. The third kappa shape index (κ3) is 15.6. The third-order valence-corrected chi connectivity index (χ3v) is 14.7. The van der Waals surface area contributed by atoms with Crippen molar-refractivity contribution in [2.45, 2.75) is 66.1 Å². The first kappa shape index (κ1) is 50.0. The molecule has 334 valence electrons. The van der Waals surface area contributed by atoms with Crippen molar-refractivity contribution in [3.8, 4) is 0 Å². The van der Waals surface area contributed by atoms with Gasteiger partial charge in [-0.05, 0) is 154 Å². The fourth-order valence-electron chi connectivity index (χ4n) is 5.50. The third-order valence-electron chi connectivity index (χ3n) is 9.07. The summed E-state index contributed by atoms with van der Waals surface area (Å²) in [5, 5.41) is 0. The van der Waals surface area contributed by atoms with Crippen molar-refractivity contribution in [2.24, 2.45) is 0 Å². The predicted molar refractivity (Wildman–Crippen MR) is 249 cm³/mol. The zero-order valence-electron chi connectivity index (χ0n) is 35.3. The second-order valence-corrected chi connectivity index (χ2v) is 20.0. The van der Waals surface area contributed by atoms with Gasteiger partial charge in [-0.15, -0.1) is 0 Å². The molecule has 13 heteroatoms. The molecule has 0 radical (unpaired) electrons. The summed E-state index contributed by atoms with van der Waals surface area (Å²) in [7, 11) is -4.96. The van der Waals surface area contributed by atoms with E-state index < -0.39 is 54.9 Å². The fourth-order valence-corrected chi connectivity index (χ4v) is 9.70. The highest BCUT2D eigenvalue weighted by Gasteiger charge is 2.30. The van der Waals surface area contributed by atoms with Crippen LogP contribution < -0.4 is 0 Å². The Morgan fingerprint density at radius 2 is 0.492 bits per heavy atom. The number of rotatable bonds is 8. The average Bonchev–Trinajstić information content (AvgIpc) is 3.33. The van der Waals surface area contributed by atoms with E-state index in [1.807, 2.05) is 142 Å². The van der Waals surface area contributed by atoms with Crippen molar-refractivity contribution < 1.29 is 38.8 Å². The molecule has 0 N–H and O–H groups in total. The number of hydrogen-bond acceptors (Lipinski definition) is 4. The number of benzene rings is 8. The zero-order chi connectivity index (χ0) is 46.9. The maximum atomic E-state index is 12.7. The average molecular weight is 955 g/mol. The second-order valence-electron chi connectivity index (χ2n) is 14.1. The Morgan fingerprint density at radius 3 is 0.723 bits per heavy atom. The van der Waals surface area contributed by atoms with Gasteiger partial charge in [0.15, 0.2) is 0 Å². The molecule has 1 atom stereocenters. The van der Waals surface area contributed by atoms with Gasteiger partial charge in [0.05, 0.1) is 48.8 Å². The molecule has 0 fully saturated rings. The Morgan fingerprint density at radius 1 is 0.292 bits per heavy atom. The molecule has 0 aromatic heterocycles. The molecule has 8 aromatic carbocycles. The monoisotopic (exact) mass is 954 g/mol. The summed E-state index contributed by atoms with van der Waals surface area (Å²) >= 11 is 0. The number of aryl methyl sites for hydroxylation is 3. The highest BCUT2D eigenvalue weighted by Crippen LogP contribution is 2.30. The molecule has 1 unspecified atom stereocenters. The van der Waals surface area contributed by atoms with Gasteiger partial charge in [0, 0.05) is 39.2 Å². The van der Waals surface area contributed by atoms with E-state index in [1.165, 1.54) is 71.8 Å². The number of halogens is 5. The van der Waals surface area contributed by atoms with Crippen LogP contribution in [0.4, 0.5) is 22.0 Å². The second kappa shape index (κ2) is 24.3. The maximum absolute atomic E-state index is 12.7. The molecule has 0 aliphatic rings. The molecular weight excluding hydrogens is 912 g/mol. The molecule has 4 nitrogen and oxygen atoms in total. The SMILES string of the molecule is Cc1ccc(S(=O)c2ccc(C(F)(F)F)cc2)cc1.Cc1ccc(S(=O)c2ccc(C)cc2)cc1.O=S(c1ccc(F)cc1)c1ccc(F)cc1.O=S(c1ccccc1)c1ccccc1. The first-order valence-corrected chi connectivity index (χ1v) is 24.3. The van der Waals surface area contributed by atoms with Crippen molar-refractivity contribution >= 4 is 43.2 Å². The molecule has 0 spiro atoms. The van der Waals surface area contributed by atoms with Crippen LogP contribution in [0.5, 0.6) is 0 Å². The van der Waals surface area contributed by atoms with Gasteiger partial charge in [-0.3, -0.25) is 0 Å². The van der Waals surface area contributed by atoms with Crippen LogP contribution in [0.1, 0.15) is 22.3 Å². The van der Waals surface area contributed by atoms with Gasteiger partial charge in [0.2, 0.25) is 0 Å². The minimum absolute atomic E-state index is 0.358. The molecular formula is C52H43F5O4S4. The fraction of sp³-hybridized carbons (Fsp3) is 0.0769. The van der Waals surface area contributed by atoms with E-state index in [0.29, 0.717) is 19.6 Å². The van der Waals surface area contributed by atoms with Gasteiger partial charge in [0.25, 0.3) is 0 Å². The van der Waals surface area contributed by atoms with Gasteiger partial charge in [-0.1, -0.05) is 89.5 Å². The van der Waals surface area contributed by atoms with Crippen LogP contribution in [0.2, 0.25) is 0 Å². The Bertz CT molecular complexity index is 2570. The molecule has 65 heavy (non-hydrogen) atoms. The highest BCUT2D eigenvalue weighted by molar-refractivity contribution is 7.86. The summed E-state index contributed by atoms with van der Waals surface area (Å²) in [6, 6.07) is 56.8. The quantitative estimate of drug-likeness (QED) is 0.142. The van der Waals surface area contributed by atoms with Gasteiger partial charge in [-0.2, -0.15) is 13.2 Å². The van der Waals surface area contributed by atoms with Crippen LogP contribution >= 0.6 is 0 Å². The number of alkyl halides is 3. The van der Waals surface area contributed by atoms with E-state index in [1.54, 1.807) is 12.1 Å². The predicted octanol–water partition coefficient (Wildman–Crippen LogP) is 13.6. The number of hydrogen-bond donors (Lipinski definition) is 0. The summed E-state index contributed by atoms with van der Waals surface area (Å²) in [6.07, 6.45) is -4.37. The maximum Gasteiger partial charge on any atom is 0.416 e. The van der Waals surface area contributed by atoms with Crippen LogP contribution in [-0.2, 0) is 49.4 Å². The van der Waals surface area contributed by atoms with Crippen molar-refractivity contribution in [2.75, 3.05) is 0 Å². The van der Waals surface area contributed by atoms with E-state index >= 15 is 0 Å². The van der Waals surface area contributed by atoms with Crippen LogP contribution in [0.3, 0.4) is 0 Å².